The van der Waals surface area contributed by atoms with Crippen molar-refractivity contribution in [2.75, 3.05) is 0 Å². The van der Waals surface area contributed by atoms with Gasteiger partial charge in [0, 0.05) is 17.8 Å². The van der Waals surface area contributed by atoms with Crippen LogP contribution in [0.4, 0.5) is 13.2 Å². The van der Waals surface area contributed by atoms with Crippen molar-refractivity contribution >= 4 is 33.3 Å². The number of rotatable bonds is 4. The van der Waals surface area contributed by atoms with Crippen LogP contribution < -0.4 is 4.74 Å². The first-order valence-corrected chi connectivity index (χ1v) is 8.76. The quantitative estimate of drug-likeness (QED) is 0.605. The van der Waals surface area contributed by atoms with Crippen LogP contribution in [-0.4, -0.2) is 32.9 Å². The summed E-state index contributed by atoms with van der Waals surface area (Å²) in [5, 5.41) is 9.63. The normalized spacial score (nSPS) is 18.7. The van der Waals surface area contributed by atoms with Gasteiger partial charge in [0.1, 0.15) is 28.8 Å². The van der Waals surface area contributed by atoms with E-state index >= 15 is 0 Å². The first kappa shape index (κ1) is 18.5. The van der Waals surface area contributed by atoms with E-state index in [9.17, 15) is 27.9 Å². The zero-order valence-corrected chi connectivity index (χ0v) is 15.4. The van der Waals surface area contributed by atoms with Crippen LogP contribution in [0.2, 0.25) is 0 Å². The summed E-state index contributed by atoms with van der Waals surface area (Å²) in [6.45, 7) is -3.13. The Labute approximate surface area is 163 Å². The van der Waals surface area contributed by atoms with Gasteiger partial charge in [-0.2, -0.15) is 8.78 Å². The Morgan fingerprint density at radius 3 is 2.71 bits per heavy atom. The fourth-order valence-corrected chi connectivity index (χ4v) is 3.83. The molecule has 1 N–H and O–H groups in total. The van der Waals surface area contributed by atoms with Gasteiger partial charge in [-0.3, -0.25) is 9.59 Å². The van der Waals surface area contributed by atoms with Crippen LogP contribution in [0.1, 0.15) is 27.7 Å². The van der Waals surface area contributed by atoms with Crippen molar-refractivity contribution in [3.05, 3.63) is 63.8 Å². The van der Waals surface area contributed by atoms with Crippen LogP contribution in [0.15, 0.2) is 41.0 Å². The van der Waals surface area contributed by atoms with Crippen molar-refractivity contribution in [3.8, 4) is 5.75 Å². The molecule has 28 heavy (non-hydrogen) atoms. The minimum absolute atomic E-state index is 0.0716. The van der Waals surface area contributed by atoms with Crippen molar-refractivity contribution in [1.29, 1.82) is 0 Å². The predicted molar refractivity (Wildman–Crippen MR) is 93.2 cm³/mol. The number of hydrogen-bond acceptors (Lipinski definition) is 4. The molecule has 0 fully saturated rings. The molecule has 0 amide bonds. The van der Waals surface area contributed by atoms with Gasteiger partial charge in [-0.05, 0) is 22.0 Å². The van der Waals surface area contributed by atoms with Crippen LogP contribution in [0, 0.1) is 11.7 Å². The van der Waals surface area contributed by atoms with E-state index in [0.29, 0.717) is 0 Å². The minimum Gasteiger partial charge on any atom is -0.481 e. The number of carbonyl (C=O) groups excluding carboxylic acids is 1. The highest BCUT2D eigenvalue weighted by Crippen LogP contribution is 2.46. The van der Waals surface area contributed by atoms with E-state index in [4.69, 9.17) is 0 Å². The molecule has 2 atom stereocenters. The third kappa shape index (κ3) is 2.75. The fourth-order valence-electron chi connectivity index (χ4n) is 3.52. The molecule has 1 aliphatic rings. The number of nitrogens with zero attached hydrogens (tertiary/aromatic N) is 2. The predicted octanol–water partition coefficient (Wildman–Crippen LogP) is 3.87. The maximum absolute atomic E-state index is 13.9. The minimum atomic E-state index is -3.13. The van der Waals surface area contributed by atoms with E-state index in [0.717, 1.165) is 6.07 Å². The number of fused-ring (bicyclic) bond motifs is 3. The highest BCUT2D eigenvalue weighted by Gasteiger charge is 2.49. The molecule has 2 aromatic heterocycles. The van der Waals surface area contributed by atoms with Crippen molar-refractivity contribution in [3.63, 3.8) is 0 Å². The number of Topliss-reactive ketones (excluding diaryl/α,β-unsaturated/α-hetero) is 1. The second-order valence-corrected chi connectivity index (χ2v) is 6.97. The molecule has 0 radical (unpaired) electrons. The van der Waals surface area contributed by atoms with Gasteiger partial charge in [0.15, 0.2) is 5.78 Å². The second-order valence-electron chi connectivity index (χ2n) is 6.12. The van der Waals surface area contributed by atoms with Crippen LogP contribution in [0.3, 0.4) is 0 Å². The molecule has 6 nitrogen and oxygen atoms in total. The van der Waals surface area contributed by atoms with Crippen molar-refractivity contribution in [2.24, 2.45) is 5.92 Å². The van der Waals surface area contributed by atoms with Gasteiger partial charge >= 0.3 is 12.6 Å². The maximum atomic E-state index is 13.9. The lowest BCUT2D eigenvalue weighted by atomic mass is 9.86. The lowest BCUT2D eigenvalue weighted by Gasteiger charge is -2.20. The van der Waals surface area contributed by atoms with E-state index in [1.807, 2.05) is 0 Å². The Balaban J connectivity index is 2.00. The molecule has 4 rings (SSSR count). The standard InChI is InChI=1S/C18H10BrF3N2O4/c19-8-6-24-11(5-9(8)20)23-14-15(24)12(13(16(14)25)17(26)27)7-3-1-2-4-10(7)28-18(21)22/h1-6,12-13,18H,(H,26,27). The Morgan fingerprint density at radius 2 is 2.04 bits per heavy atom. The van der Waals surface area contributed by atoms with Crippen molar-refractivity contribution < 1.29 is 32.6 Å². The molecule has 10 heteroatoms. The second kappa shape index (κ2) is 6.62. The molecule has 0 spiro atoms. The number of pyridine rings is 1. The van der Waals surface area contributed by atoms with E-state index in [1.54, 1.807) is 0 Å². The number of imidazole rings is 1. The zero-order valence-electron chi connectivity index (χ0n) is 13.8. The number of para-hydroxylation sites is 1. The SMILES string of the molecule is O=C(O)C1C(=O)c2nc3cc(F)c(Br)cn3c2C1c1ccccc1OC(F)F. The zero-order chi connectivity index (χ0) is 20.2. The topological polar surface area (TPSA) is 80.9 Å². The molecule has 1 aliphatic carbocycles. The number of ketones is 1. The lowest BCUT2D eigenvalue weighted by molar-refractivity contribution is -0.140. The van der Waals surface area contributed by atoms with E-state index in [-0.39, 0.29) is 32.8 Å². The van der Waals surface area contributed by atoms with Crippen molar-refractivity contribution in [1.82, 2.24) is 9.38 Å². The average Bonchev–Trinajstić information content (AvgIpc) is 3.10. The van der Waals surface area contributed by atoms with Crippen molar-refractivity contribution in [2.45, 2.75) is 12.5 Å². The first-order chi connectivity index (χ1) is 13.3. The molecule has 0 bridgehead atoms. The summed E-state index contributed by atoms with van der Waals surface area (Å²) in [7, 11) is 0. The van der Waals surface area contributed by atoms with Crippen LogP contribution >= 0.6 is 15.9 Å². The molecule has 1 aromatic carbocycles. The molecule has 0 aliphatic heterocycles. The summed E-state index contributed by atoms with van der Waals surface area (Å²) in [6, 6.07) is 6.74. The maximum Gasteiger partial charge on any atom is 0.387 e. The van der Waals surface area contributed by atoms with E-state index < -0.39 is 36.0 Å². The smallest absolute Gasteiger partial charge is 0.387 e. The molecule has 0 saturated heterocycles. The summed E-state index contributed by atoms with van der Waals surface area (Å²) in [6.07, 6.45) is 1.32. The molecule has 2 unspecified atom stereocenters. The number of benzene rings is 1. The largest absolute Gasteiger partial charge is 0.481 e. The van der Waals surface area contributed by atoms with Crippen LogP contribution in [-0.2, 0) is 4.79 Å². The first-order valence-electron chi connectivity index (χ1n) is 7.97. The molecule has 3 aromatic rings. The summed E-state index contributed by atoms with van der Waals surface area (Å²) >= 11 is 3.04. The van der Waals surface area contributed by atoms with Gasteiger partial charge in [0.25, 0.3) is 0 Å². The van der Waals surface area contributed by atoms with Gasteiger partial charge in [0.2, 0.25) is 0 Å². The average molecular weight is 455 g/mol. The Kier molecular flexibility index (Phi) is 4.37. The summed E-state index contributed by atoms with van der Waals surface area (Å²) in [4.78, 5) is 28.7. The highest BCUT2D eigenvalue weighted by atomic mass is 79.9. The van der Waals surface area contributed by atoms with Crippen LogP contribution in [0.5, 0.6) is 5.75 Å². The molecular formula is C18H10BrF3N2O4. The number of ether oxygens (including phenoxy) is 1. The Morgan fingerprint density at radius 1 is 1.32 bits per heavy atom. The number of carboxylic acids is 1. The monoisotopic (exact) mass is 454 g/mol. The highest BCUT2D eigenvalue weighted by molar-refractivity contribution is 9.10. The molecular weight excluding hydrogens is 445 g/mol. The third-order valence-electron chi connectivity index (χ3n) is 4.58. The summed E-state index contributed by atoms with van der Waals surface area (Å²) in [5.41, 5.74) is 0.241. The number of alkyl halides is 2. The third-order valence-corrected chi connectivity index (χ3v) is 5.17. The number of hydrogen-bond donors (Lipinski definition) is 1. The van der Waals surface area contributed by atoms with Gasteiger partial charge in [0.05, 0.1) is 16.1 Å². The summed E-state index contributed by atoms with van der Waals surface area (Å²) in [5.74, 6) is -5.76. The summed E-state index contributed by atoms with van der Waals surface area (Å²) < 4.78 is 45.5. The number of halogens is 4. The van der Waals surface area contributed by atoms with Gasteiger partial charge in [-0.25, -0.2) is 9.37 Å². The lowest BCUT2D eigenvalue weighted by Crippen LogP contribution is -2.26. The number of aliphatic carboxylic acids is 1. The van der Waals surface area contributed by atoms with Gasteiger partial charge < -0.3 is 14.2 Å². The van der Waals surface area contributed by atoms with Gasteiger partial charge in [-0.15, -0.1) is 0 Å². The van der Waals surface area contributed by atoms with Gasteiger partial charge in [-0.1, -0.05) is 18.2 Å². The number of aromatic nitrogens is 2. The molecule has 2 heterocycles. The molecule has 144 valence electrons. The Bertz CT molecular complexity index is 1130. The Hall–Kier alpha value is -2.88. The number of carboxylic acid groups (broad SMARTS) is 1. The number of carbonyl (C=O) groups is 2. The van der Waals surface area contributed by atoms with E-state index in [2.05, 4.69) is 25.7 Å². The fraction of sp³-hybridized carbons (Fsp3) is 0.167. The van der Waals surface area contributed by atoms with E-state index in [1.165, 1.54) is 34.9 Å². The molecule has 0 saturated carbocycles. The van der Waals surface area contributed by atoms with Crippen LogP contribution in [0.25, 0.3) is 5.65 Å².